The third kappa shape index (κ3) is 24.1. The Kier molecular flexibility index (Phi) is 22.6. The number of hydrogen-bond donors (Lipinski definition) is 0. The molecular formula is C28H59N. The molecule has 29 heavy (non-hydrogen) atoms. The van der Waals surface area contributed by atoms with Crippen molar-refractivity contribution in [1.82, 2.24) is 4.90 Å². The third-order valence-electron chi connectivity index (χ3n) is 6.34. The molecule has 0 spiro atoms. The number of nitrogens with zero attached hydrogens (tertiary/aromatic N) is 1. The smallest absolute Gasteiger partial charge is 0.00187 e. The topological polar surface area (TPSA) is 3.24 Å². The molecule has 0 fully saturated rings. The second-order valence-corrected chi connectivity index (χ2v) is 10.5. The molecule has 0 aromatic heterocycles. The van der Waals surface area contributed by atoms with Gasteiger partial charge < -0.3 is 4.90 Å². The summed E-state index contributed by atoms with van der Waals surface area (Å²) in [5, 5.41) is 0. The maximum absolute atomic E-state index is 2.79. The lowest BCUT2D eigenvalue weighted by molar-refractivity contribution is 0.251. The zero-order valence-corrected chi connectivity index (χ0v) is 21.5. The molecule has 0 rings (SSSR count). The van der Waals surface area contributed by atoms with Crippen molar-refractivity contribution < 1.29 is 0 Å². The maximum atomic E-state index is 2.79. The Morgan fingerprint density at radius 1 is 0.414 bits per heavy atom. The Labute approximate surface area is 186 Å². The lowest BCUT2D eigenvalue weighted by Crippen LogP contribution is -2.27. The molecule has 0 aromatic rings. The predicted molar refractivity (Wildman–Crippen MR) is 135 cm³/mol. The second kappa shape index (κ2) is 22.6. The first-order valence-electron chi connectivity index (χ1n) is 13.8. The summed E-state index contributed by atoms with van der Waals surface area (Å²) in [6.07, 6.45) is 25.9. The molecule has 0 saturated carbocycles. The molecule has 0 aromatic carbocycles. The fourth-order valence-electron chi connectivity index (χ4n) is 4.29. The van der Waals surface area contributed by atoms with E-state index in [0.29, 0.717) is 0 Å². The van der Waals surface area contributed by atoms with Gasteiger partial charge in [0.05, 0.1) is 0 Å². The summed E-state index contributed by atoms with van der Waals surface area (Å²) in [5.41, 5.74) is 0. The van der Waals surface area contributed by atoms with Crippen LogP contribution >= 0.6 is 0 Å². The molecular weight excluding hydrogens is 350 g/mol. The minimum absolute atomic E-state index is 0.867. The normalized spacial score (nSPS) is 12.0. The van der Waals surface area contributed by atoms with Gasteiger partial charge in [0.25, 0.3) is 0 Å². The van der Waals surface area contributed by atoms with Crippen LogP contribution in [0.4, 0.5) is 0 Å². The van der Waals surface area contributed by atoms with Crippen molar-refractivity contribution in [3.63, 3.8) is 0 Å². The summed E-state index contributed by atoms with van der Waals surface area (Å²) >= 11 is 0. The molecule has 0 heterocycles. The van der Waals surface area contributed by atoms with Gasteiger partial charge in [0, 0.05) is 0 Å². The average Bonchev–Trinajstić information content (AvgIpc) is 2.68. The highest BCUT2D eigenvalue weighted by molar-refractivity contribution is 4.61. The van der Waals surface area contributed by atoms with Crippen molar-refractivity contribution in [3.05, 3.63) is 0 Å². The van der Waals surface area contributed by atoms with Crippen molar-refractivity contribution >= 4 is 0 Å². The zero-order chi connectivity index (χ0) is 21.6. The van der Waals surface area contributed by atoms with Crippen LogP contribution in [-0.2, 0) is 0 Å². The van der Waals surface area contributed by atoms with Gasteiger partial charge in [-0.05, 0) is 50.7 Å². The van der Waals surface area contributed by atoms with E-state index in [9.17, 15) is 0 Å². The van der Waals surface area contributed by atoms with E-state index in [1.165, 1.54) is 135 Å². The van der Waals surface area contributed by atoms with Gasteiger partial charge >= 0.3 is 0 Å². The summed E-state index contributed by atoms with van der Waals surface area (Å²) < 4.78 is 0. The highest BCUT2D eigenvalue weighted by Gasteiger charge is 2.06. The third-order valence-corrected chi connectivity index (χ3v) is 6.34. The van der Waals surface area contributed by atoms with Crippen molar-refractivity contribution in [2.75, 3.05) is 19.6 Å². The molecule has 0 unspecified atom stereocenters. The highest BCUT2D eigenvalue weighted by atomic mass is 15.1. The van der Waals surface area contributed by atoms with Gasteiger partial charge in [-0.2, -0.15) is 0 Å². The van der Waals surface area contributed by atoms with Gasteiger partial charge in [0.1, 0.15) is 0 Å². The van der Waals surface area contributed by atoms with E-state index >= 15 is 0 Å². The lowest BCUT2D eigenvalue weighted by Gasteiger charge is -2.23. The van der Waals surface area contributed by atoms with Gasteiger partial charge in [-0.1, -0.05) is 131 Å². The van der Waals surface area contributed by atoms with Crippen molar-refractivity contribution in [2.24, 2.45) is 11.8 Å². The van der Waals surface area contributed by atoms with Crippen molar-refractivity contribution in [3.8, 4) is 0 Å². The number of unbranched alkanes of at least 4 members (excludes halogenated alkanes) is 13. The molecule has 0 amide bonds. The van der Waals surface area contributed by atoms with Crippen LogP contribution < -0.4 is 0 Å². The second-order valence-electron chi connectivity index (χ2n) is 10.5. The summed E-state index contributed by atoms with van der Waals surface area (Å²) in [5.74, 6) is 1.73. The largest absolute Gasteiger partial charge is 0.303 e. The fraction of sp³-hybridized carbons (Fsp3) is 1.00. The Hall–Kier alpha value is -0.0400. The number of hydrogen-bond acceptors (Lipinski definition) is 1. The maximum Gasteiger partial charge on any atom is -0.00187 e. The van der Waals surface area contributed by atoms with Crippen LogP contribution in [-0.4, -0.2) is 24.5 Å². The monoisotopic (exact) mass is 409 g/mol. The standard InChI is InChI=1S/C28H59N/c1-6-7-8-9-10-11-12-13-14-15-16-19-24-29(25-20-17-22-27(2)3)26-21-18-23-28(4)5/h27-28H,6-26H2,1-5H3. The van der Waals surface area contributed by atoms with Gasteiger partial charge in [-0.15, -0.1) is 0 Å². The summed E-state index contributed by atoms with van der Waals surface area (Å²) in [6.45, 7) is 15.8. The Morgan fingerprint density at radius 2 is 0.724 bits per heavy atom. The first-order valence-corrected chi connectivity index (χ1v) is 13.8. The Bertz CT molecular complexity index is 281. The van der Waals surface area contributed by atoms with Crippen LogP contribution in [0.5, 0.6) is 0 Å². The number of rotatable bonds is 23. The molecule has 0 aliphatic carbocycles. The molecule has 1 nitrogen and oxygen atoms in total. The summed E-state index contributed by atoms with van der Waals surface area (Å²) in [4.78, 5) is 2.79. The molecule has 0 bridgehead atoms. The van der Waals surface area contributed by atoms with Crippen molar-refractivity contribution in [1.29, 1.82) is 0 Å². The van der Waals surface area contributed by atoms with Crippen LogP contribution in [0, 0.1) is 11.8 Å². The fourth-order valence-corrected chi connectivity index (χ4v) is 4.29. The van der Waals surface area contributed by atoms with E-state index in [2.05, 4.69) is 39.5 Å². The van der Waals surface area contributed by atoms with Gasteiger partial charge in [0.15, 0.2) is 0 Å². The molecule has 0 aliphatic heterocycles. The minimum atomic E-state index is 0.867. The molecule has 0 aliphatic rings. The van der Waals surface area contributed by atoms with E-state index in [4.69, 9.17) is 0 Å². The van der Waals surface area contributed by atoms with Crippen LogP contribution in [0.2, 0.25) is 0 Å². The molecule has 176 valence electrons. The minimum Gasteiger partial charge on any atom is -0.303 e. The van der Waals surface area contributed by atoms with E-state index in [1.807, 2.05) is 0 Å². The average molecular weight is 410 g/mol. The molecule has 0 radical (unpaired) electrons. The van der Waals surface area contributed by atoms with Crippen molar-refractivity contribution in [2.45, 2.75) is 150 Å². The highest BCUT2D eigenvalue weighted by Crippen LogP contribution is 2.14. The van der Waals surface area contributed by atoms with Crippen LogP contribution in [0.3, 0.4) is 0 Å². The van der Waals surface area contributed by atoms with E-state index in [1.54, 1.807) is 0 Å². The first-order chi connectivity index (χ1) is 14.1. The zero-order valence-electron chi connectivity index (χ0n) is 21.5. The Balaban J connectivity index is 3.69. The van der Waals surface area contributed by atoms with Gasteiger partial charge in [-0.3, -0.25) is 0 Å². The van der Waals surface area contributed by atoms with Crippen LogP contribution in [0.25, 0.3) is 0 Å². The first kappa shape index (κ1) is 29.0. The predicted octanol–water partition coefficient (Wildman–Crippen LogP) is 9.64. The lowest BCUT2D eigenvalue weighted by atomic mass is 10.0. The summed E-state index contributed by atoms with van der Waals surface area (Å²) in [7, 11) is 0. The van der Waals surface area contributed by atoms with E-state index in [-0.39, 0.29) is 0 Å². The van der Waals surface area contributed by atoms with Crippen LogP contribution in [0.1, 0.15) is 150 Å². The SMILES string of the molecule is CCCCCCCCCCCCCCN(CCCCC(C)C)CCCCC(C)C. The molecule has 0 atom stereocenters. The molecule has 0 N–H and O–H groups in total. The Morgan fingerprint density at radius 3 is 1.07 bits per heavy atom. The summed E-state index contributed by atoms with van der Waals surface area (Å²) in [6, 6.07) is 0. The quantitative estimate of drug-likeness (QED) is 0.152. The van der Waals surface area contributed by atoms with Crippen LogP contribution in [0.15, 0.2) is 0 Å². The van der Waals surface area contributed by atoms with E-state index in [0.717, 1.165) is 11.8 Å². The van der Waals surface area contributed by atoms with Gasteiger partial charge in [0.2, 0.25) is 0 Å². The van der Waals surface area contributed by atoms with E-state index < -0.39 is 0 Å². The molecule has 0 saturated heterocycles. The molecule has 1 heteroatoms. The van der Waals surface area contributed by atoms with Gasteiger partial charge in [-0.25, -0.2) is 0 Å².